The van der Waals surface area contributed by atoms with Crippen molar-refractivity contribution < 1.29 is 18.0 Å². The van der Waals surface area contributed by atoms with E-state index in [1.54, 1.807) is 0 Å². The monoisotopic (exact) mass is 557 g/mol. The molecule has 40 heavy (non-hydrogen) atoms. The minimum atomic E-state index is -4.39. The second kappa shape index (κ2) is 13.6. The molecule has 216 valence electrons. The predicted octanol–water partition coefficient (Wildman–Crippen LogP) is 5.33. The Kier molecular flexibility index (Phi) is 10.0. The third kappa shape index (κ3) is 8.70. The number of nitrogens with one attached hydrogen (secondary N) is 3. The van der Waals surface area contributed by atoms with Crippen LogP contribution in [0.4, 0.5) is 24.9 Å². The molecule has 8 nitrogen and oxygen atoms in total. The molecule has 2 heterocycles. The fourth-order valence-corrected chi connectivity index (χ4v) is 4.89. The van der Waals surface area contributed by atoms with Crippen LogP contribution in [-0.4, -0.2) is 58.6 Å². The first kappa shape index (κ1) is 29.4. The lowest BCUT2D eigenvalue weighted by Crippen LogP contribution is -2.41. The molecule has 1 fully saturated rings. The number of hydrogen-bond donors (Lipinski definition) is 3. The highest BCUT2D eigenvalue weighted by molar-refractivity contribution is 5.84. The van der Waals surface area contributed by atoms with Crippen LogP contribution in [0.2, 0.25) is 0 Å². The Morgan fingerprint density at radius 1 is 1.07 bits per heavy atom. The number of rotatable bonds is 12. The van der Waals surface area contributed by atoms with Crippen molar-refractivity contribution in [1.29, 1.82) is 0 Å². The summed E-state index contributed by atoms with van der Waals surface area (Å²) >= 11 is 0. The minimum absolute atomic E-state index is 0.134. The number of aromatic nitrogens is 3. The molecule has 1 aromatic carbocycles. The number of anilines is 2. The number of halogens is 3. The van der Waals surface area contributed by atoms with E-state index >= 15 is 0 Å². The summed E-state index contributed by atoms with van der Waals surface area (Å²) in [6, 6.07) is 9.94. The van der Waals surface area contributed by atoms with Crippen molar-refractivity contribution in [2.45, 2.75) is 57.3 Å². The summed E-state index contributed by atoms with van der Waals surface area (Å²) in [4.78, 5) is 24.8. The fourth-order valence-electron chi connectivity index (χ4n) is 4.89. The second-order valence-electron chi connectivity index (χ2n) is 10.6. The summed E-state index contributed by atoms with van der Waals surface area (Å²) in [5.41, 5.74) is -0.112. The lowest BCUT2D eigenvalue weighted by molar-refractivity contribution is -0.137. The van der Waals surface area contributed by atoms with E-state index in [0.717, 1.165) is 44.4 Å². The van der Waals surface area contributed by atoms with Crippen LogP contribution in [-0.2, 0) is 17.5 Å². The van der Waals surface area contributed by atoms with Gasteiger partial charge in [0.1, 0.15) is 17.7 Å². The van der Waals surface area contributed by atoms with Crippen LogP contribution >= 0.6 is 0 Å². The number of amides is 1. The number of alkyl halides is 3. The highest BCUT2D eigenvalue weighted by Gasteiger charge is 2.30. The maximum atomic E-state index is 13.4. The van der Waals surface area contributed by atoms with Crippen LogP contribution in [0.5, 0.6) is 0 Å². The van der Waals surface area contributed by atoms with Gasteiger partial charge in [0, 0.05) is 38.1 Å². The summed E-state index contributed by atoms with van der Waals surface area (Å²) in [7, 11) is 3.98. The molecule has 1 aliphatic rings. The topological polar surface area (TPSA) is 87.1 Å². The first-order valence-corrected chi connectivity index (χ1v) is 13.8. The number of benzene rings is 1. The summed E-state index contributed by atoms with van der Waals surface area (Å²) < 4.78 is 40.6. The number of likely N-dealkylation sites (N-methyl/N-ethyl adjacent to an activating group) is 1. The van der Waals surface area contributed by atoms with Gasteiger partial charge in [-0.2, -0.15) is 23.1 Å². The van der Waals surface area contributed by atoms with Crippen LogP contribution in [0.25, 0.3) is 5.82 Å². The molecule has 3 aromatic rings. The zero-order valence-corrected chi connectivity index (χ0v) is 23.0. The summed E-state index contributed by atoms with van der Waals surface area (Å²) in [5.74, 6) is 1.84. The first-order valence-electron chi connectivity index (χ1n) is 13.8. The van der Waals surface area contributed by atoms with Gasteiger partial charge in [-0.1, -0.05) is 44.2 Å². The molecule has 0 spiro atoms. The smallest absolute Gasteiger partial charge is 0.358 e. The van der Waals surface area contributed by atoms with Crippen LogP contribution in [0.3, 0.4) is 0 Å². The average molecular weight is 558 g/mol. The number of carbonyl (C=O) groups excluding carboxylic acids is 1. The van der Waals surface area contributed by atoms with Gasteiger partial charge in [-0.3, -0.25) is 4.79 Å². The fraction of sp³-hybridized carbons (Fsp3) is 0.483. The van der Waals surface area contributed by atoms with Gasteiger partial charge in [0.25, 0.3) is 0 Å². The van der Waals surface area contributed by atoms with E-state index in [2.05, 4.69) is 30.8 Å². The lowest BCUT2D eigenvalue weighted by Gasteiger charge is -2.27. The molecule has 1 aliphatic carbocycles. The van der Waals surface area contributed by atoms with E-state index in [1.807, 2.05) is 49.3 Å². The Balaban J connectivity index is 1.51. The molecule has 0 saturated heterocycles. The molecule has 11 heteroatoms. The predicted molar refractivity (Wildman–Crippen MR) is 150 cm³/mol. The Hall–Kier alpha value is -3.60. The van der Waals surface area contributed by atoms with Crippen LogP contribution < -0.4 is 16.0 Å². The number of hydrogen-bond acceptors (Lipinski definition) is 6. The molecule has 1 amide bonds. The van der Waals surface area contributed by atoms with E-state index in [-0.39, 0.29) is 12.5 Å². The van der Waals surface area contributed by atoms with E-state index in [1.165, 1.54) is 18.6 Å². The van der Waals surface area contributed by atoms with Gasteiger partial charge in [-0.25, -0.2) is 0 Å². The molecule has 4 rings (SSSR count). The molecule has 0 aliphatic heterocycles. The molecule has 1 saturated carbocycles. The van der Waals surface area contributed by atoms with Crippen molar-refractivity contribution in [2.24, 2.45) is 5.92 Å². The number of nitrogens with zero attached hydrogens (tertiary/aromatic N) is 4. The highest BCUT2D eigenvalue weighted by Crippen LogP contribution is 2.30. The Bertz CT molecular complexity index is 1210. The Morgan fingerprint density at radius 3 is 2.42 bits per heavy atom. The van der Waals surface area contributed by atoms with E-state index in [0.29, 0.717) is 42.0 Å². The van der Waals surface area contributed by atoms with E-state index < -0.39 is 17.8 Å². The molecule has 3 N–H and O–H groups in total. The minimum Gasteiger partial charge on any atom is -0.358 e. The van der Waals surface area contributed by atoms with Crippen molar-refractivity contribution >= 4 is 17.7 Å². The second-order valence-corrected chi connectivity index (χ2v) is 10.6. The van der Waals surface area contributed by atoms with Gasteiger partial charge >= 0.3 is 6.18 Å². The maximum Gasteiger partial charge on any atom is 0.416 e. The maximum absolute atomic E-state index is 13.4. The molecular formula is C29H38F3N7O. The van der Waals surface area contributed by atoms with Crippen LogP contribution in [0, 0.1) is 5.92 Å². The largest absolute Gasteiger partial charge is 0.416 e. The van der Waals surface area contributed by atoms with Crippen molar-refractivity contribution in [1.82, 2.24) is 24.8 Å². The van der Waals surface area contributed by atoms with Gasteiger partial charge in [0.2, 0.25) is 11.9 Å². The molecule has 0 bridgehead atoms. The quantitative estimate of drug-likeness (QED) is 0.279. The third-order valence-electron chi connectivity index (χ3n) is 7.10. The molecule has 1 atom stereocenters. The van der Waals surface area contributed by atoms with Gasteiger partial charge in [-0.15, -0.1) is 0 Å². The molecular weight excluding hydrogens is 519 g/mol. The van der Waals surface area contributed by atoms with Gasteiger partial charge < -0.3 is 25.4 Å². The van der Waals surface area contributed by atoms with Gasteiger partial charge in [0.05, 0.1) is 5.56 Å². The SMILES string of the molecule is CN(C)CCNc1nc(NC(CC2CCCCC2)C(=O)NCc2ccc(C(F)(F)F)cc2)cc(-n2cccc2)n1. The Morgan fingerprint density at radius 2 is 1.77 bits per heavy atom. The zero-order valence-electron chi connectivity index (χ0n) is 23.0. The molecule has 1 unspecified atom stereocenters. The summed E-state index contributed by atoms with van der Waals surface area (Å²) in [6.45, 7) is 1.59. The summed E-state index contributed by atoms with van der Waals surface area (Å²) in [5, 5.41) is 9.54. The average Bonchev–Trinajstić information content (AvgIpc) is 3.47. The third-order valence-corrected chi connectivity index (χ3v) is 7.10. The van der Waals surface area contributed by atoms with Crippen molar-refractivity contribution in [3.05, 3.63) is 66.0 Å². The summed E-state index contributed by atoms with van der Waals surface area (Å²) in [6.07, 6.45) is 5.69. The van der Waals surface area contributed by atoms with Crippen LogP contribution in [0.1, 0.15) is 49.7 Å². The van der Waals surface area contributed by atoms with Gasteiger partial charge in [-0.05, 0) is 56.3 Å². The van der Waals surface area contributed by atoms with Crippen molar-refractivity contribution in [3.8, 4) is 5.82 Å². The van der Waals surface area contributed by atoms with E-state index in [4.69, 9.17) is 0 Å². The first-order chi connectivity index (χ1) is 19.2. The normalized spacial score (nSPS) is 15.2. The van der Waals surface area contributed by atoms with Crippen molar-refractivity contribution in [3.63, 3.8) is 0 Å². The zero-order chi connectivity index (χ0) is 28.5. The van der Waals surface area contributed by atoms with Gasteiger partial charge in [0.15, 0.2) is 0 Å². The van der Waals surface area contributed by atoms with Crippen molar-refractivity contribution in [2.75, 3.05) is 37.8 Å². The molecule has 0 radical (unpaired) electrons. The lowest BCUT2D eigenvalue weighted by atomic mass is 9.84. The van der Waals surface area contributed by atoms with Crippen LogP contribution in [0.15, 0.2) is 54.9 Å². The standard InChI is InChI=1S/C29H38F3N7O/c1-38(2)17-14-33-28-36-25(19-26(37-28)39-15-6-7-16-39)35-24(18-21-8-4-3-5-9-21)27(40)34-20-22-10-12-23(13-11-22)29(30,31)32/h6-7,10-13,15-16,19,21,24H,3-5,8-9,14,17-18,20H2,1-2H3,(H,34,40)(H2,33,35,36,37). The Labute approximate surface area is 233 Å². The molecule has 2 aromatic heterocycles. The number of carbonyl (C=O) groups is 1. The van der Waals surface area contributed by atoms with E-state index in [9.17, 15) is 18.0 Å². The highest BCUT2D eigenvalue weighted by atomic mass is 19.4.